The van der Waals surface area contributed by atoms with Gasteiger partial charge in [-0.15, -0.1) is 0 Å². The van der Waals surface area contributed by atoms with E-state index in [4.69, 9.17) is 0 Å². The molecule has 2 aromatic rings. The fraction of sp³-hybridized carbons (Fsp3) is 0.429. The molecule has 2 fully saturated rings. The van der Waals surface area contributed by atoms with Crippen LogP contribution in [0.5, 0.6) is 0 Å². The molecule has 3 heterocycles. The van der Waals surface area contributed by atoms with Gasteiger partial charge >= 0.3 is 0 Å². The third-order valence-electron chi connectivity index (χ3n) is 5.39. The van der Waals surface area contributed by atoms with Crippen LogP contribution < -0.4 is 10.2 Å². The van der Waals surface area contributed by atoms with E-state index in [1.807, 2.05) is 24.3 Å². The molecule has 30 heavy (non-hydrogen) atoms. The zero-order chi connectivity index (χ0) is 21.0. The first-order chi connectivity index (χ1) is 14.5. The standard InChI is InChI=1S/C21H26N4O3S2/c26-20(23-17-5-7-18(8-6-17)24-11-1-2-12-24)16-29-21-10-9-19(15-22-21)30(27,28)25-13-3-4-14-25/h5-10,15H,1-4,11-14,16H2,(H,23,26). The summed E-state index contributed by atoms with van der Waals surface area (Å²) in [5, 5.41) is 3.51. The lowest BCUT2D eigenvalue weighted by Crippen LogP contribution is -2.27. The molecule has 0 bridgehead atoms. The summed E-state index contributed by atoms with van der Waals surface area (Å²) in [6.07, 6.45) is 5.64. The van der Waals surface area contributed by atoms with Crippen LogP contribution in [0.2, 0.25) is 0 Å². The van der Waals surface area contributed by atoms with E-state index < -0.39 is 10.0 Å². The van der Waals surface area contributed by atoms with E-state index in [9.17, 15) is 13.2 Å². The van der Waals surface area contributed by atoms with Crippen molar-refractivity contribution in [3.05, 3.63) is 42.6 Å². The quantitative estimate of drug-likeness (QED) is 0.658. The average molecular weight is 447 g/mol. The summed E-state index contributed by atoms with van der Waals surface area (Å²) in [6.45, 7) is 3.32. The van der Waals surface area contributed by atoms with Gasteiger partial charge in [-0.2, -0.15) is 4.31 Å². The minimum absolute atomic E-state index is 0.121. The third-order valence-corrected chi connectivity index (χ3v) is 8.21. The van der Waals surface area contributed by atoms with Gasteiger partial charge in [0.2, 0.25) is 15.9 Å². The lowest BCUT2D eigenvalue weighted by molar-refractivity contribution is -0.113. The van der Waals surface area contributed by atoms with Crippen molar-refractivity contribution in [1.82, 2.24) is 9.29 Å². The minimum Gasteiger partial charge on any atom is -0.372 e. The molecule has 2 aliphatic heterocycles. The van der Waals surface area contributed by atoms with Crippen LogP contribution in [-0.4, -0.2) is 55.5 Å². The van der Waals surface area contributed by atoms with Crippen LogP contribution in [0.4, 0.5) is 11.4 Å². The summed E-state index contributed by atoms with van der Waals surface area (Å²) < 4.78 is 26.6. The number of benzene rings is 1. The molecular formula is C21H26N4O3S2. The Balaban J connectivity index is 1.28. The first kappa shape index (κ1) is 21.1. The molecule has 4 rings (SSSR count). The Labute approximate surface area is 181 Å². The summed E-state index contributed by atoms with van der Waals surface area (Å²) in [7, 11) is -3.46. The fourth-order valence-corrected chi connectivity index (χ4v) is 5.86. The first-order valence-electron chi connectivity index (χ1n) is 10.3. The van der Waals surface area contributed by atoms with E-state index in [1.165, 1.54) is 40.8 Å². The lowest BCUT2D eigenvalue weighted by Gasteiger charge is -2.17. The van der Waals surface area contributed by atoms with Gasteiger partial charge in [0.05, 0.1) is 10.8 Å². The molecule has 1 aromatic carbocycles. The van der Waals surface area contributed by atoms with Gasteiger partial charge in [-0.25, -0.2) is 13.4 Å². The van der Waals surface area contributed by atoms with Crippen LogP contribution >= 0.6 is 11.8 Å². The number of anilines is 2. The topological polar surface area (TPSA) is 82.6 Å². The highest BCUT2D eigenvalue weighted by molar-refractivity contribution is 7.99. The first-order valence-corrected chi connectivity index (χ1v) is 12.7. The Morgan fingerprint density at radius 2 is 1.63 bits per heavy atom. The van der Waals surface area contributed by atoms with Crippen LogP contribution in [0.15, 0.2) is 52.5 Å². The molecule has 0 atom stereocenters. The molecule has 0 aliphatic carbocycles. The molecular weight excluding hydrogens is 420 g/mol. The van der Waals surface area contributed by atoms with Crippen molar-refractivity contribution in [2.45, 2.75) is 35.6 Å². The van der Waals surface area contributed by atoms with Crippen molar-refractivity contribution in [1.29, 1.82) is 0 Å². The van der Waals surface area contributed by atoms with Crippen molar-refractivity contribution < 1.29 is 13.2 Å². The fourth-order valence-electron chi connectivity index (χ4n) is 3.75. The molecule has 160 valence electrons. The van der Waals surface area contributed by atoms with Crippen LogP contribution in [-0.2, 0) is 14.8 Å². The van der Waals surface area contributed by atoms with Crippen LogP contribution in [0.25, 0.3) is 0 Å². The average Bonchev–Trinajstić information content (AvgIpc) is 3.48. The number of pyridine rings is 1. The molecule has 0 saturated carbocycles. The maximum Gasteiger partial charge on any atom is 0.244 e. The van der Waals surface area contributed by atoms with E-state index >= 15 is 0 Å². The van der Waals surface area contributed by atoms with Crippen LogP contribution in [0.3, 0.4) is 0 Å². The summed E-state index contributed by atoms with van der Waals surface area (Å²) in [4.78, 5) is 19.0. The van der Waals surface area contributed by atoms with Gasteiger partial charge in [0.25, 0.3) is 0 Å². The summed E-state index contributed by atoms with van der Waals surface area (Å²) in [5.41, 5.74) is 1.96. The number of carbonyl (C=O) groups excluding carboxylic acids is 1. The molecule has 2 saturated heterocycles. The SMILES string of the molecule is O=C(CSc1ccc(S(=O)(=O)N2CCCC2)cn1)Nc1ccc(N2CCCC2)cc1. The van der Waals surface area contributed by atoms with Crippen molar-refractivity contribution in [2.24, 2.45) is 0 Å². The Kier molecular flexibility index (Phi) is 6.60. The van der Waals surface area contributed by atoms with Crippen molar-refractivity contribution >= 4 is 39.1 Å². The number of nitrogens with one attached hydrogen (secondary N) is 1. The van der Waals surface area contributed by atoms with Gasteiger partial charge in [-0.3, -0.25) is 4.79 Å². The van der Waals surface area contributed by atoms with E-state index in [0.29, 0.717) is 18.1 Å². The van der Waals surface area contributed by atoms with E-state index in [1.54, 1.807) is 12.1 Å². The van der Waals surface area contributed by atoms with Gasteiger partial charge in [0.15, 0.2) is 0 Å². The number of sulfonamides is 1. The monoisotopic (exact) mass is 446 g/mol. The predicted octanol–water partition coefficient (Wildman–Crippen LogP) is 3.20. The molecule has 9 heteroatoms. The highest BCUT2D eigenvalue weighted by Crippen LogP contribution is 2.24. The van der Waals surface area contributed by atoms with E-state index in [2.05, 4.69) is 15.2 Å². The highest BCUT2D eigenvalue weighted by Gasteiger charge is 2.27. The van der Waals surface area contributed by atoms with Gasteiger partial charge in [-0.1, -0.05) is 11.8 Å². The largest absolute Gasteiger partial charge is 0.372 e. The molecule has 0 unspecified atom stereocenters. The summed E-state index contributed by atoms with van der Waals surface area (Å²) in [5.74, 6) is 0.0866. The Hall–Kier alpha value is -2.10. The smallest absolute Gasteiger partial charge is 0.244 e. The zero-order valence-corrected chi connectivity index (χ0v) is 18.4. The van der Waals surface area contributed by atoms with Gasteiger partial charge in [0.1, 0.15) is 4.90 Å². The molecule has 1 aromatic heterocycles. The van der Waals surface area contributed by atoms with Crippen molar-refractivity contribution in [3.8, 4) is 0 Å². The number of amides is 1. The second-order valence-corrected chi connectivity index (χ2v) is 10.5. The van der Waals surface area contributed by atoms with Crippen LogP contribution in [0, 0.1) is 0 Å². The molecule has 2 aliphatic rings. The number of thioether (sulfide) groups is 1. The minimum atomic E-state index is -3.46. The van der Waals surface area contributed by atoms with Crippen molar-refractivity contribution in [3.63, 3.8) is 0 Å². The number of hydrogen-bond acceptors (Lipinski definition) is 6. The van der Waals surface area contributed by atoms with Gasteiger partial charge in [-0.05, 0) is 62.1 Å². The Morgan fingerprint density at radius 1 is 0.967 bits per heavy atom. The highest BCUT2D eigenvalue weighted by atomic mass is 32.2. The second kappa shape index (κ2) is 9.36. The second-order valence-electron chi connectivity index (χ2n) is 7.52. The molecule has 1 N–H and O–H groups in total. The number of aromatic nitrogens is 1. The number of nitrogens with zero attached hydrogens (tertiary/aromatic N) is 3. The Morgan fingerprint density at radius 3 is 2.27 bits per heavy atom. The maximum atomic E-state index is 12.5. The van der Waals surface area contributed by atoms with E-state index in [0.717, 1.165) is 31.6 Å². The van der Waals surface area contributed by atoms with Crippen LogP contribution in [0.1, 0.15) is 25.7 Å². The third kappa shape index (κ3) is 4.96. The zero-order valence-electron chi connectivity index (χ0n) is 16.8. The molecule has 7 nitrogen and oxygen atoms in total. The normalized spacial score (nSPS) is 17.4. The number of carbonyl (C=O) groups is 1. The lowest BCUT2D eigenvalue weighted by atomic mass is 10.2. The molecule has 0 spiro atoms. The van der Waals surface area contributed by atoms with Gasteiger partial charge < -0.3 is 10.2 Å². The molecule has 0 radical (unpaired) electrons. The van der Waals surface area contributed by atoms with Gasteiger partial charge in [0, 0.05) is 43.8 Å². The van der Waals surface area contributed by atoms with Crippen molar-refractivity contribution in [2.75, 3.05) is 42.1 Å². The molecule has 1 amide bonds. The predicted molar refractivity (Wildman–Crippen MR) is 119 cm³/mol. The van der Waals surface area contributed by atoms with E-state index in [-0.39, 0.29) is 16.6 Å². The summed E-state index contributed by atoms with van der Waals surface area (Å²) >= 11 is 1.28. The summed E-state index contributed by atoms with van der Waals surface area (Å²) in [6, 6.07) is 11.1. The number of hydrogen-bond donors (Lipinski definition) is 1. The number of rotatable bonds is 7. The Bertz CT molecular complexity index is 966. The maximum absolute atomic E-state index is 12.5.